The van der Waals surface area contributed by atoms with Crippen molar-refractivity contribution in [3.63, 3.8) is 0 Å². The molecule has 0 atom stereocenters. The van der Waals surface area contributed by atoms with E-state index in [4.69, 9.17) is 0 Å². The quantitative estimate of drug-likeness (QED) is 0.578. The van der Waals surface area contributed by atoms with Gasteiger partial charge in [-0.05, 0) is 55.5 Å². The molecule has 21 heavy (non-hydrogen) atoms. The summed E-state index contributed by atoms with van der Waals surface area (Å²) in [6.45, 7) is 6.38. The van der Waals surface area contributed by atoms with Gasteiger partial charge in [0.25, 0.3) is 0 Å². The minimum atomic E-state index is 1.09. The molecule has 0 N–H and O–H groups in total. The molecule has 0 saturated carbocycles. The number of hydrogen-bond acceptors (Lipinski definition) is 1. The molecule has 0 fully saturated rings. The summed E-state index contributed by atoms with van der Waals surface area (Å²) >= 11 is 0. The van der Waals surface area contributed by atoms with E-state index >= 15 is 0 Å². The lowest BCUT2D eigenvalue weighted by molar-refractivity contribution is 0.632. The van der Waals surface area contributed by atoms with Crippen molar-refractivity contribution in [3.8, 4) is 11.1 Å². The molecule has 1 nitrogen and oxygen atoms in total. The van der Waals surface area contributed by atoms with Gasteiger partial charge in [0, 0.05) is 11.4 Å². The van der Waals surface area contributed by atoms with E-state index in [1.807, 2.05) is 0 Å². The highest BCUT2D eigenvalue weighted by atomic mass is 14.7. The third-order valence-electron chi connectivity index (χ3n) is 3.94. The fourth-order valence-corrected chi connectivity index (χ4v) is 2.80. The van der Waals surface area contributed by atoms with Crippen LogP contribution in [0.1, 0.15) is 56.0 Å². The zero-order valence-electron chi connectivity index (χ0n) is 13.7. The van der Waals surface area contributed by atoms with Crippen molar-refractivity contribution in [1.82, 2.24) is 4.98 Å². The van der Waals surface area contributed by atoms with Crippen molar-refractivity contribution in [2.24, 2.45) is 0 Å². The lowest BCUT2D eigenvalue weighted by atomic mass is 10.0. The van der Waals surface area contributed by atoms with Crippen LogP contribution in [0.2, 0.25) is 0 Å². The molecule has 0 saturated heterocycles. The predicted molar refractivity (Wildman–Crippen MR) is 91.6 cm³/mol. The van der Waals surface area contributed by atoms with E-state index in [0.717, 1.165) is 11.4 Å². The molecule has 0 unspecified atom stereocenters. The fraction of sp³-hybridized carbons (Fsp3) is 0.450. The van der Waals surface area contributed by atoms with Gasteiger partial charge in [-0.25, -0.2) is 0 Å². The zero-order chi connectivity index (χ0) is 15.1. The SMILES string of the molecule is CCCCCCCc1ccc(-c2cc(C)nc(C)c2)cc1. The monoisotopic (exact) mass is 281 g/mol. The Morgan fingerprint density at radius 2 is 1.38 bits per heavy atom. The number of unbranched alkanes of at least 4 members (excludes halogenated alkanes) is 4. The molecule has 0 aliphatic carbocycles. The second-order valence-corrected chi connectivity index (χ2v) is 6.00. The van der Waals surface area contributed by atoms with Crippen LogP contribution in [0, 0.1) is 13.8 Å². The summed E-state index contributed by atoms with van der Waals surface area (Å²) in [5.41, 5.74) is 6.19. The number of nitrogens with zero attached hydrogens (tertiary/aromatic N) is 1. The van der Waals surface area contributed by atoms with Crippen molar-refractivity contribution in [2.45, 2.75) is 59.3 Å². The Morgan fingerprint density at radius 3 is 2.00 bits per heavy atom. The van der Waals surface area contributed by atoms with E-state index < -0.39 is 0 Å². The maximum absolute atomic E-state index is 4.44. The second-order valence-electron chi connectivity index (χ2n) is 6.00. The van der Waals surface area contributed by atoms with Gasteiger partial charge in [0.2, 0.25) is 0 Å². The molecule has 1 heteroatoms. The summed E-state index contributed by atoms with van der Waals surface area (Å²) in [7, 11) is 0. The van der Waals surface area contributed by atoms with Gasteiger partial charge in [0.15, 0.2) is 0 Å². The molecular weight excluding hydrogens is 254 g/mol. The van der Waals surface area contributed by atoms with Gasteiger partial charge in [-0.15, -0.1) is 0 Å². The summed E-state index contributed by atoms with van der Waals surface area (Å²) in [6.07, 6.45) is 7.95. The number of pyridine rings is 1. The molecule has 1 aromatic heterocycles. The second kappa shape index (κ2) is 7.97. The minimum absolute atomic E-state index is 1.09. The summed E-state index contributed by atoms with van der Waals surface area (Å²) in [4.78, 5) is 4.44. The van der Waals surface area contributed by atoms with E-state index in [0.29, 0.717) is 0 Å². The Kier molecular flexibility index (Phi) is 5.98. The Morgan fingerprint density at radius 1 is 0.762 bits per heavy atom. The molecular formula is C20H27N. The first-order valence-corrected chi connectivity index (χ1v) is 8.23. The first kappa shape index (κ1) is 15.8. The van der Waals surface area contributed by atoms with Gasteiger partial charge >= 0.3 is 0 Å². The van der Waals surface area contributed by atoms with E-state index in [2.05, 4.69) is 62.2 Å². The van der Waals surface area contributed by atoms with E-state index in [1.54, 1.807) is 0 Å². The van der Waals surface area contributed by atoms with Crippen molar-refractivity contribution in [2.75, 3.05) is 0 Å². The van der Waals surface area contributed by atoms with Gasteiger partial charge < -0.3 is 0 Å². The third kappa shape index (κ3) is 5.00. The van der Waals surface area contributed by atoms with Crippen molar-refractivity contribution < 1.29 is 0 Å². The summed E-state index contributed by atoms with van der Waals surface area (Å²) in [5, 5.41) is 0. The topological polar surface area (TPSA) is 12.9 Å². The molecule has 1 aromatic carbocycles. The van der Waals surface area contributed by atoms with E-state index in [1.165, 1.54) is 55.2 Å². The average Bonchev–Trinajstić information content (AvgIpc) is 2.47. The number of hydrogen-bond donors (Lipinski definition) is 0. The molecule has 2 rings (SSSR count). The van der Waals surface area contributed by atoms with Crippen LogP contribution in [-0.2, 0) is 6.42 Å². The first-order chi connectivity index (χ1) is 10.2. The minimum Gasteiger partial charge on any atom is -0.258 e. The van der Waals surface area contributed by atoms with Crippen LogP contribution in [-0.4, -0.2) is 4.98 Å². The molecule has 0 bridgehead atoms. The molecule has 0 aliphatic heterocycles. The van der Waals surface area contributed by atoms with Gasteiger partial charge in [0.05, 0.1) is 0 Å². The molecule has 0 amide bonds. The molecule has 2 aromatic rings. The van der Waals surface area contributed by atoms with Crippen molar-refractivity contribution >= 4 is 0 Å². The van der Waals surface area contributed by atoms with Gasteiger partial charge in [-0.1, -0.05) is 56.9 Å². The van der Waals surface area contributed by atoms with E-state index in [9.17, 15) is 0 Å². The van der Waals surface area contributed by atoms with Gasteiger partial charge in [-0.3, -0.25) is 4.98 Å². The van der Waals surface area contributed by atoms with Crippen LogP contribution in [0.15, 0.2) is 36.4 Å². The lowest BCUT2D eigenvalue weighted by Gasteiger charge is -2.07. The highest BCUT2D eigenvalue weighted by molar-refractivity contribution is 5.64. The van der Waals surface area contributed by atoms with Crippen LogP contribution < -0.4 is 0 Å². The van der Waals surface area contributed by atoms with Crippen LogP contribution in [0.3, 0.4) is 0 Å². The molecule has 0 aliphatic rings. The average molecular weight is 281 g/mol. The molecule has 0 radical (unpaired) electrons. The number of benzene rings is 1. The summed E-state index contributed by atoms with van der Waals surface area (Å²) < 4.78 is 0. The zero-order valence-corrected chi connectivity index (χ0v) is 13.7. The van der Waals surface area contributed by atoms with Gasteiger partial charge in [-0.2, -0.15) is 0 Å². The largest absolute Gasteiger partial charge is 0.258 e. The predicted octanol–water partition coefficient (Wildman–Crippen LogP) is 5.88. The smallest absolute Gasteiger partial charge is 0.0382 e. The Balaban J connectivity index is 1.95. The first-order valence-electron chi connectivity index (χ1n) is 8.23. The van der Waals surface area contributed by atoms with Crippen molar-refractivity contribution in [1.29, 1.82) is 0 Å². The highest BCUT2D eigenvalue weighted by Crippen LogP contribution is 2.22. The normalized spacial score (nSPS) is 10.8. The number of rotatable bonds is 7. The molecule has 1 heterocycles. The lowest BCUT2D eigenvalue weighted by Crippen LogP contribution is -1.89. The highest BCUT2D eigenvalue weighted by Gasteiger charge is 2.01. The maximum Gasteiger partial charge on any atom is 0.0382 e. The van der Waals surface area contributed by atoms with Crippen molar-refractivity contribution in [3.05, 3.63) is 53.3 Å². The maximum atomic E-state index is 4.44. The Hall–Kier alpha value is -1.63. The van der Waals surface area contributed by atoms with Crippen LogP contribution >= 0.6 is 0 Å². The van der Waals surface area contributed by atoms with Gasteiger partial charge in [0.1, 0.15) is 0 Å². The molecule has 0 spiro atoms. The van der Waals surface area contributed by atoms with E-state index in [-0.39, 0.29) is 0 Å². The molecule has 112 valence electrons. The number of aromatic nitrogens is 1. The summed E-state index contributed by atoms with van der Waals surface area (Å²) in [5.74, 6) is 0. The fourth-order valence-electron chi connectivity index (χ4n) is 2.80. The number of aryl methyl sites for hydroxylation is 3. The third-order valence-corrected chi connectivity index (χ3v) is 3.94. The van der Waals surface area contributed by atoms with Crippen LogP contribution in [0.5, 0.6) is 0 Å². The van der Waals surface area contributed by atoms with Crippen LogP contribution in [0.4, 0.5) is 0 Å². The standard InChI is InChI=1S/C20H27N/c1-4-5-6-7-8-9-18-10-12-19(13-11-18)20-14-16(2)21-17(3)15-20/h10-15H,4-9H2,1-3H3. The van der Waals surface area contributed by atoms with Crippen LogP contribution in [0.25, 0.3) is 11.1 Å². The summed E-state index contributed by atoms with van der Waals surface area (Å²) in [6, 6.07) is 13.4. The Labute approximate surface area is 129 Å². The Bertz CT molecular complexity index is 534.